The standard InChI is InChI=1S/C19H20N4OS/c1-4-14-7-9-15(10-8-14)17(24)13(2)25-19-22-21-18(23(19)3)16-6-5-11-20-12-16/h5-13H,4H2,1-3H3/t13-/m1/s1. The molecule has 0 aliphatic heterocycles. The van der Waals surface area contributed by atoms with Crippen LogP contribution in [0.5, 0.6) is 0 Å². The van der Waals surface area contributed by atoms with Crippen LogP contribution in [0, 0.1) is 0 Å². The second kappa shape index (κ2) is 7.61. The van der Waals surface area contributed by atoms with Gasteiger partial charge in [-0.25, -0.2) is 0 Å². The zero-order valence-corrected chi connectivity index (χ0v) is 15.3. The average molecular weight is 352 g/mol. The lowest BCUT2D eigenvalue weighted by atomic mass is 10.1. The molecule has 6 heteroatoms. The molecule has 1 aromatic carbocycles. The van der Waals surface area contributed by atoms with E-state index >= 15 is 0 Å². The highest BCUT2D eigenvalue weighted by atomic mass is 32.2. The molecule has 0 fully saturated rings. The Hall–Kier alpha value is -2.47. The quantitative estimate of drug-likeness (QED) is 0.499. The molecule has 0 aliphatic rings. The Labute approximate surface area is 151 Å². The Morgan fingerprint density at radius 2 is 1.96 bits per heavy atom. The molecule has 0 amide bonds. The smallest absolute Gasteiger partial charge is 0.191 e. The van der Waals surface area contributed by atoms with Crippen molar-refractivity contribution < 1.29 is 4.79 Å². The molecule has 25 heavy (non-hydrogen) atoms. The summed E-state index contributed by atoms with van der Waals surface area (Å²) < 4.78 is 1.89. The van der Waals surface area contributed by atoms with Crippen LogP contribution in [0.25, 0.3) is 11.4 Å². The second-order valence-electron chi connectivity index (χ2n) is 5.78. The van der Waals surface area contributed by atoms with Crippen LogP contribution in [0.1, 0.15) is 29.8 Å². The molecule has 128 valence electrons. The van der Waals surface area contributed by atoms with E-state index in [0.29, 0.717) is 5.16 Å². The number of aromatic nitrogens is 4. The van der Waals surface area contributed by atoms with Crippen molar-refractivity contribution in [2.24, 2.45) is 7.05 Å². The van der Waals surface area contributed by atoms with Gasteiger partial charge in [-0.1, -0.05) is 43.0 Å². The lowest BCUT2D eigenvalue weighted by molar-refractivity contribution is 0.0994. The van der Waals surface area contributed by atoms with Gasteiger partial charge in [-0.15, -0.1) is 10.2 Å². The first-order valence-corrected chi connectivity index (χ1v) is 9.07. The summed E-state index contributed by atoms with van der Waals surface area (Å²) in [6, 6.07) is 11.6. The molecule has 0 unspecified atom stereocenters. The Bertz CT molecular complexity index is 859. The lowest BCUT2D eigenvalue weighted by Crippen LogP contribution is -2.14. The van der Waals surface area contributed by atoms with Crippen LogP contribution in [-0.2, 0) is 13.5 Å². The number of rotatable bonds is 6. The number of carbonyl (C=O) groups is 1. The first kappa shape index (κ1) is 17.4. The van der Waals surface area contributed by atoms with Crippen LogP contribution >= 0.6 is 11.8 Å². The number of nitrogens with zero attached hydrogens (tertiary/aromatic N) is 4. The van der Waals surface area contributed by atoms with Crippen molar-refractivity contribution in [2.45, 2.75) is 30.7 Å². The van der Waals surface area contributed by atoms with Crippen molar-refractivity contribution in [3.8, 4) is 11.4 Å². The number of carbonyl (C=O) groups excluding carboxylic acids is 1. The number of pyridine rings is 1. The van der Waals surface area contributed by atoms with Gasteiger partial charge in [0.25, 0.3) is 0 Å². The Morgan fingerprint density at radius 3 is 2.60 bits per heavy atom. The van der Waals surface area contributed by atoms with Crippen LogP contribution < -0.4 is 0 Å². The third-order valence-electron chi connectivity index (χ3n) is 4.05. The van der Waals surface area contributed by atoms with Crippen molar-refractivity contribution in [3.05, 3.63) is 59.9 Å². The van der Waals surface area contributed by atoms with E-state index in [-0.39, 0.29) is 11.0 Å². The molecular formula is C19H20N4OS. The van der Waals surface area contributed by atoms with Gasteiger partial charge in [-0.05, 0) is 31.0 Å². The zero-order valence-electron chi connectivity index (χ0n) is 14.5. The summed E-state index contributed by atoms with van der Waals surface area (Å²) in [7, 11) is 1.90. The molecule has 0 bridgehead atoms. The first-order valence-electron chi connectivity index (χ1n) is 8.19. The van der Waals surface area contributed by atoms with Gasteiger partial charge in [0.2, 0.25) is 0 Å². The summed E-state index contributed by atoms with van der Waals surface area (Å²) in [4.78, 5) is 16.8. The summed E-state index contributed by atoms with van der Waals surface area (Å²) in [5.41, 5.74) is 2.86. The van der Waals surface area contributed by atoms with Crippen molar-refractivity contribution in [1.82, 2.24) is 19.7 Å². The second-order valence-corrected chi connectivity index (χ2v) is 7.09. The number of ketones is 1. The summed E-state index contributed by atoms with van der Waals surface area (Å²) in [6.45, 7) is 4.00. The number of thioether (sulfide) groups is 1. The first-order chi connectivity index (χ1) is 12.1. The third-order valence-corrected chi connectivity index (χ3v) is 5.19. The maximum Gasteiger partial charge on any atom is 0.191 e. The van der Waals surface area contributed by atoms with Crippen LogP contribution in [0.15, 0.2) is 53.9 Å². The fraction of sp³-hybridized carbons (Fsp3) is 0.263. The van der Waals surface area contributed by atoms with Gasteiger partial charge < -0.3 is 4.57 Å². The van der Waals surface area contributed by atoms with Gasteiger partial charge in [0.1, 0.15) is 0 Å². The Balaban J connectivity index is 1.75. The molecule has 0 aliphatic carbocycles. The van der Waals surface area contributed by atoms with Crippen molar-refractivity contribution in [1.29, 1.82) is 0 Å². The lowest BCUT2D eigenvalue weighted by Gasteiger charge is -2.10. The summed E-state index contributed by atoms with van der Waals surface area (Å²) in [5, 5.41) is 8.94. The monoisotopic (exact) mass is 352 g/mol. The molecule has 0 saturated carbocycles. The van der Waals surface area contributed by atoms with E-state index in [2.05, 4.69) is 22.1 Å². The van der Waals surface area contributed by atoms with E-state index in [4.69, 9.17) is 0 Å². The summed E-state index contributed by atoms with van der Waals surface area (Å²) >= 11 is 1.42. The molecule has 0 N–H and O–H groups in total. The normalized spacial score (nSPS) is 12.1. The van der Waals surface area contributed by atoms with Gasteiger partial charge in [-0.3, -0.25) is 9.78 Å². The topological polar surface area (TPSA) is 60.7 Å². The fourth-order valence-corrected chi connectivity index (χ4v) is 3.41. The predicted molar refractivity (Wildman–Crippen MR) is 99.7 cm³/mol. The molecule has 5 nitrogen and oxygen atoms in total. The van der Waals surface area contributed by atoms with Gasteiger partial charge in [-0.2, -0.15) is 0 Å². The minimum absolute atomic E-state index is 0.0959. The van der Waals surface area contributed by atoms with E-state index in [0.717, 1.165) is 23.4 Å². The van der Waals surface area contributed by atoms with Crippen molar-refractivity contribution >= 4 is 17.5 Å². The third kappa shape index (κ3) is 3.79. The average Bonchev–Trinajstić information content (AvgIpc) is 3.02. The highest BCUT2D eigenvalue weighted by Crippen LogP contribution is 2.27. The molecule has 2 aromatic heterocycles. The molecule has 2 heterocycles. The number of Topliss-reactive ketones (excluding diaryl/α,β-unsaturated/α-hetero) is 1. The zero-order chi connectivity index (χ0) is 17.8. The summed E-state index contributed by atoms with van der Waals surface area (Å²) in [6.07, 6.45) is 4.44. The maximum atomic E-state index is 12.6. The van der Waals surface area contributed by atoms with Gasteiger partial charge in [0.05, 0.1) is 5.25 Å². The predicted octanol–water partition coefficient (Wildman–Crippen LogP) is 3.80. The highest BCUT2D eigenvalue weighted by Gasteiger charge is 2.20. The van der Waals surface area contributed by atoms with E-state index in [1.54, 1.807) is 12.4 Å². The Morgan fingerprint density at radius 1 is 1.20 bits per heavy atom. The van der Waals surface area contributed by atoms with Gasteiger partial charge >= 0.3 is 0 Å². The van der Waals surface area contributed by atoms with Crippen molar-refractivity contribution in [3.63, 3.8) is 0 Å². The molecule has 3 aromatic rings. The molecule has 0 radical (unpaired) electrons. The highest BCUT2D eigenvalue weighted by molar-refractivity contribution is 8.00. The minimum Gasteiger partial charge on any atom is -0.305 e. The number of hydrogen-bond acceptors (Lipinski definition) is 5. The van der Waals surface area contributed by atoms with E-state index in [9.17, 15) is 4.79 Å². The molecule has 0 spiro atoms. The van der Waals surface area contributed by atoms with E-state index < -0.39 is 0 Å². The molecule has 0 saturated heterocycles. The molecule has 1 atom stereocenters. The van der Waals surface area contributed by atoms with E-state index in [1.807, 2.05) is 54.9 Å². The number of aryl methyl sites for hydroxylation is 1. The van der Waals surface area contributed by atoms with Gasteiger partial charge in [0.15, 0.2) is 16.8 Å². The number of hydrogen-bond donors (Lipinski definition) is 0. The van der Waals surface area contributed by atoms with E-state index in [1.165, 1.54) is 17.3 Å². The largest absolute Gasteiger partial charge is 0.305 e. The molecular weight excluding hydrogens is 332 g/mol. The molecule has 3 rings (SSSR count). The van der Waals surface area contributed by atoms with Crippen LogP contribution in [0.3, 0.4) is 0 Å². The minimum atomic E-state index is -0.239. The SMILES string of the molecule is CCc1ccc(C(=O)[C@@H](C)Sc2nnc(-c3cccnc3)n2C)cc1. The van der Waals surface area contributed by atoms with Crippen molar-refractivity contribution in [2.75, 3.05) is 0 Å². The van der Waals surface area contributed by atoms with Crippen LogP contribution in [-0.4, -0.2) is 30.8 Å². The van der Waals surface area contributed by atoms with Gasteiger partial charge in [0, 0.05) is 30.6 Å². The summed E-state index contributed by atoms with van der Waals surface area (Å²) in [5.74, 6) is 0.834. The maximum absolute atomic E-state index is 12.6. The Kier molecular flexibility index (Phi) is 5.28. The van der Waals surface area contributed by atoms with Crippen LogP contribution in [0.4, 0.5) is 0 Å². The fourth-order valence-electron chi connectivity index (χ4n) is 2.51. The number of benzene rings is 1. The van der Waals surface area contributed by atoms with Crippen LogP contribution in [0.2, 0.25) is 0 Å².